The Labute approximate surface area is 127 Å². The second-order valence-electron chi connectivity index (χ2n) is 5.39. The van der Waals surface area contributed by atoms with Crippen molar-refractivity contribution < 1.29 is 14.3 Å². The lowest BCUT2D eigenvalue weighted by Gasteiger charge is -2.35. The van der Waals surface area contributed by atoms with Crippen LogP contribution in [0.15, 0.2) is 22.6 Å². The third-order valence-corrected chi connectivity index (χ3v) is 4.20. The molecule has 1 aliphatic rings. The molecular formula is C15H18N2O3S. The van der Waals surface area contributed by atoms with Crippen LogP contribution in [0.25, 0.3) is 11.1 Å². The first-order valence-corrected chi connectivity index (χ1v) is 7.64. The molecule has 0 aliphatic carbocycles. The van der Waals surface area contributed by atoms with Gasteiger partial charge in [-0.2, -0.15) is 0 Å². The minimum Gasteiger partial charge on any atom is -0.429 e. The van der Waals surface area contributed by atoms with Crippen LogP contribution < -0.4 is 0 Å². The molecule has 1 amide bonds. The standard InChI is InChI=1S/C15H18N2O3S/c18-8-6-11-3-1-2-7-17(11)14(19)10-4-5-12-13(9-10)20-15(21)16-12/h4-5,9,11,18H,1-3,6-8H2,(H,16,21)/t11-/m0/s1. The fourth-order valence-electron chi connectivity index (χ4n) is 2.96. The van der Waals surface area contributed by atoms with E-state index in [1.54, 1.807) is 12.1 Å². The summed E-state index contributed by atoms with van der Waals surface area (Å²) < 4.78 is 5.37. The molecule has 6 heteroatoms. The zero-order chi connectivity index (χ0) is 14.8. The number of fused-ring (bicyclic) bond motifs is 1. The molecule has 1 aromatic heterocycles. The minimum absolute atomic E-state index is 0.00244. The first-order chi connectivity index (χ1) is 10.2. The van der Waals surface area contributed by atoms with Crippen LogP contribution in [0.5, 0.6) is 0 Å². The van der Waals surface area contributed by atoms with E-state index in [0.29, 0.717) is 22.4 Å². The molecular weight excluding hydrogens is 288 g/mol. The number of oxazole rings is 1. The zero-order valence-corrected chi connectivity index (χ0v) is 12.5. The molecule has 1 aliphatic heterocycles. The van der Waals surface area contributed by atoms with Gasteiger partial charge >= 0.3 is 0 Å². The third-order valence-electron chi connectivity index (χ3n) is 4.02. The van der Waals surface area contributed by atoms with Crippen LogP contribution in [0, 0.1) is 4.84 Å². The van der Waals surface area contributed by atoms with E-state index in [1.165, 1.54) is 0 Å². The van der Waals surface area contributed by atoms with Crippen molar-refractivity contribution in [1.29, 1.82) is 0 Å². The van der Waals surface area contributed by atoms with Crippen molar-refractivity contribution in [2.24, 2.45) is 0 Å². The van der Waals surface area contributed by atoms with Crippen LogP contribution in [0.1, 0.15) is 36.0 Å². The summed E-state index contributed by atoms with van der Waals surface area (Å²) in [7, 11) is 0. The van der Waals surface area contributed by atoms with Crippen molar-refractivity contribution >= 4 is 29.2 Å². The van der Waals surface area contributed by atoms with E-state index in [1.807, 2.05) is 11.0 Å². The Morgan fingerprint density at radius 3 is 3.14 bits per heavy atom. The molecule has 2 heterocycles. The molecule has 1 fully saturated rings. The van der Waals surface area contributed by atoms with Gasteiger partial charge in [0, 0.05) is 24.8 Å². The number of piperidine rings is 1. The van der Waals surface area contributed by atoms with E-state index < -0.39 is 0 Å². The first kappa shape index (κ1) is 14.3. The lowest BCUT2D eigenvalue weighted by molar-refractivity contribution is 0.0574. The van der Waals surface area contributed by atoms with E-state index in [0.717, 1.165) is 31.3 Å². The number of carbonyl (C=O) groups excluding carboxylic acids is 1. The van der Waals surface area contributed by atoms with Crippen molar-refractivity contribution in [2.45, 2.75) is 31.7 Å². The molecule has 2 aromatic rings. The number of aliphatic hydroxyl groups excluding tert-OH is 1. The highest BCUT2D eigenvalue weighted by Gasteiger charge is 2.27. The summed E-state index contributed by atoms with van der Waals surface area (Å²) in [6, 6.07) is 5.46. The number of rotatable bonds is 3. The Kier molecular flexibility index (Phi) is 4.07. The molecule has 0 unspecified atom stereocenters. The predicted octanol–water partition coefficient (Wildman–Crippen LogP) is 2.87. The van der Waals surface area contributed by atoms with Crippen molar-refractivity contribution in [1.82, 2.24) is 9.88 Å². The van der Waals surface area contributed by atoms with Crippen LogP contribution in [0.2, 0.25) is 0 Å². The summed E-state index contributed by atoms with van der Waals surface area (Å²) in [5.74, 6) is -0.00244. The average molecular weight is 306 g/mol. The maximum atomic E-state index is 12.7. The number of hydrogen-bond donors (Lipinski definition) is 2. The van der Waals surface area contributed by atoms with Gasteiger partial charge in [0.1, 0.15) is 0 Å². The van der Waals surface area contributed by atoms with Crippen LogP contribution in [-0.4, -0.2) is 40.1 Å². The molecule has 3 rings (SSSR count). The summed E-state index contributed by atoms with van der Waals surface area (Å²) in [5, 5.41) is 9.16. The number of H-pyrrole nitrogens is 1. The molecule has 0 spiro atoms. The van der Waals surface area contributed by atoms with Crippen molar-refractivity contribution in [3.05, 3.63) is 28.6 Å². The van der Waals surface area contributed by atoms with Gasteiger partial charge in [-0.05, 0) is 56.1 Å². The second-order valence-corrected chi connectivity index (χ2v) is 5.76. The number of likely N-dealkylation sites (tertiary alicyclic amines) is 1. The maximum absolute atomic E-state index is 12.7. The zero-order valence-electron chi connectivity index (χ0n) is 11.7. The molecule has 0 bridgehead atoms. The monoisotopic (exact) mass is 306 g/mol. The molecule has 1 atom stereocenters. The topological polar surface area (TPSA) is 69.5 Å². The van der Waals surface area contributed by atoms with E-state index in [2.05, 4.69) is 4.98 Å². The van der Waals surface area contributed by atoms with Gasteiger partial charge in [-0.1, -0.05) is 0 Å². The maximum Gasteiger partial charge on any atom is 0.266 e. The smallest absolute Gasteiger partial charge is 0.266 e. The third kappa shape index (κ3) is 2.87. The molecule has 0 saturated carbocycles. The molecule has 112 valence electrons. The SMILES string of the molecule is O=C(c1ccc2[nH]c(=S)oc2c1)N1CCCC[C@H]1CCO. The molecule has 2 N–H and O–H groups in total. The van der Waals surface area contributed by atoms with Gasteiger partial charge in [-0.3, -0.25) is 4.79 Å². The highest BCUT2D eigenvalue weighted by molar-refractivity contribution is 7.71. The van der Waals surface area contributed by atoms with Gasteiger partial charge in [0.25, 0.3) is 10.7 Å². The highest BCUT2D eigenvalue weighted by Crippen LogP contribution is 2.23. The lowest BCUT2D eigenvalue weighted by Crippen LogP contribution is -2.44. The Morgan fingerprint density at radius 2 is 2.33 bits per heavy atom. The first-order valence-electron chi connectivity index (χ1n) is 7.24. The quantitative estimate of drug-likeness (QED) is 0.856. The lowest BCUT2D eigenvalue weighted by atomic mass is 9.98. The van der Waals surface area contributed by atoms with Gasteiger partial charge in [0.15, 0.2) is 5.58 Å². The van der Waals surface area contributed by atoms with Gasteiger partial charge in [-0.15, -0.1) is 0 Å². The number of benzene rings is 1. The summed E-state index contributed by atoms with van der Waals surface area (Å²) in [5.41, 5.74) is 1.99. The van der Waals surface area contributed by atoms with E-state index >= 15 is 0 Å². The summed E-state index contributed by atoms with van der Waals surface area (Å²) in [4.78, 5) is 17.8. The van der Waals surface area contributed by atoms with Crippen molar-refractivity contribution in [2.75, 3.05) is 13.2 Å². The Balaban J connectivity index is 1.89. The van der Waals surface area contributed by atoms with Crippen LogP contribution >= 0.6 is 12.2 Å². The summed E-state index contributed by atoms with van der Waals surface area (Å²) in [6.45, 7) is 0.859. The van der Waals surface area contributed by atoms with Crippen LogP contribution in [0.3, 0.4) is 0 Å². The number of aromatic nitrogens is 1. The average Bonchev–Trinajstić information content (AvgIpc) is 2.86. The molecule has 1 aromatic carbocycles. The number of aromatic amines is 1. The van der Waals surface area contributed by atoms with Gasteiger partial charge in [0.2, 0.25) is 0 Å². The number of amides is 1. The number of hydrogen-bond acceptors (Lipinski definition) is 4. The van der Waals surface area contributed by atoms with Gasteiger partial charge in [0.05, 0.1) is 5.52 Å². The Bertz CT molecular complexity index is 704. The highest BCUT2D eigenvalue weighted by atomic mass is 32.1. The number of aliphatic hydroxyl groups is 1. The number of nitrogens with zero attached hydrogens (tertiary/aromatic N) is 1. The normalized spacial score (nSPS) is 19.1. The Hall–Kier alpha value is -1.66. The summed E-state index contributed by atoms with van der Waals surface area (Å²) in [6.07, 6.45) is 3.72. The molecule has 5 nitrogen and oxygen atoms in total. The second kappa shape index (κ2) is 5.99. The van der Waals surface area contributed by atoms with E-state index in [9.17, 15) is 4.79 Å². The fourth-order valence-corrected chi connectivity index (χ4v) is 3.16. The molecule has 1 saturated heterocycles. The molecule has 0 radical (unpaired) electrons. The minimum atomic E-state index is -0.00244. The molecule has 21 heavy (non-hydrogen) atoms. The van der Waals surface area contributed by atoms with Gasteiger partial charge < -0.3 is 19.4 Å². The van der Waals surface area contributed by atoms with E-state index in [-0.39, 0.29) is 18.6 Å². The van der Waals surface area contributed by atoms with Crippen molar-refractivity contribution in [3.8, 4) is 0 Å². The largest absolute Gasteiger partial charge is 0.429 e. The van der Waals surface area contributed by atoms with Crippen LogP contribution in [-0.2, 0) is 0 Å². The van der Waals surface area contributed by atoms with Crippen LogP contribution in [0.4, 0.5) is 0 Å². The van der Waals surface area contributed by atoms with Crippen molar-refractivity contribution in [3.63, 3.8) is 0 Å². The van der Waals surface area contributed by atoms with E-state index in [4.69, 9.17) is 21.7 Å². The predicted molar refractivity (Wildman–Crippen MR) is 81.8 cm³/mol. The summed E-state index contributed by atoms with van der Waals surface area (Å²) >= 11 is 4.95. The Morgan fingerprint density at radius 1 is 1.48 bits per heavy atom. The number of nitrogens with one attached hydrogen (secondary N) is 1. The van der Waals surface area contributed by atoms with Gasteiger partial charge in [-0.25, -0.2) is 0 Å². The number of carbonyl (C=O) groups is 1. The fraction of sp³-hybridized carbons (Fsp3) is 0.467.